The van der Waals surface area contributed by atoms with Crippen LogP contribution in [-0.2, 0) is 21.2 Å². The first-order chi connectivity index (χ1) is 12.3. The molecule has 0 saturated heterocycles. The number of pyridine rings is 1. The lowest BCUT2D eigenvalue weighted by Gasteiger charge is -2.11. The van der Waals surface area contributed by atoms with Crippen molar-refractivity contribution in [2.75, 3.05) is 0 Å². The van der Waals surface area contributed by atoms with Crippen molar-refractivity contribution in [2.45, 2.75) is 25.2 Å². The topological polar surface area (TPSA) is 76.1 Å². The first-order valence-corrected chi connectivity index (χ1v) is 9.79. The number of hydrogen-bond donors (Lipinski definition) is 1. The maximum atomic E-state index is 12.7. The average Bonchev–Trinajstić information content (AvgIpc) is 2.58. The van der Waals surface area contributed by atoms with Crippen LogP contribution in [0.1, 0.15) is 16.7 Å². The highest BCUT2D eigenvalue weighted by molar-refractivity contribution is 7.90. The van der Waals surface area contributed by atoms with Crippen LogP contribution < -0.4 is 4.72 Å². The van der Waals surface area contributed by atoms with Crippen LogP contribution in [0, 0.1) is 13.8 Å². The van der Waals surface area contributed by atoms with E-state index >= 15 is 0 Å². The normalized spacial score (nSPS) is 11.5. The van der Waals surface area contributed by atoms with Crippen molar-refractivity contribution in [3.8, 4) is 0 Å². The number of sulfonamides is 1. The number of aromatic nitrogens is 1. The molecule has 0 aliphatic heterocycles. The van der Waals surface area contributed by atoms with E-state index in [0.717, 1.165) is 16.5 Å². The average molecular weight is 389 g/mol. The molecule has 0 fully saturated rings. The van der Waals surface area contributed by atoms with Gasteiger partial charge in [-0.2, -0.15) is 0 Å². The minimum atomic E-state index is -4.04. The second kappa shape index (κ2) is 7.05. The number of nitrogens with one attached hydrogen (secondary N) is 1. The quantitative estimate of drug-likeness (QED) is 0.741. The molecule has 26 heavy (non-hydrogen) atoms. The molecule has 0 spiro atoms. The van der Waals surface area contributed by atoms with Gasteiger partial charge in [0.2, 0.25) is 5.91 Å². The van der Waals surface area contributed by atoms with Crippen LogP contribution in [0.3, 0.4) is 0 Å². The molecule has 0 radical (unpaired) electrons. The fraction of sp³-hybridized carbons (Fsp3) is 0.158. The molecule has 3 rings (SSSR count). The van der Waals surface area contributed by atoms with Crippen LogP contribution in [0.25, 0.3) is 10.9 Å². The zero-order valence-corrected chi connectivity index (χ0v) is 15.9. The Hall–Kier alpha value is -2.44. The summed E-state index contributed by atoms with van der Waals surface area (Å²) in [5.74, 6) is -0.630. The van der Waals surface area contributed by atoms with Crippen molar-refractivity contribution >= 4 is 38.4 Å². The molecule has 7 heteroatoms. The Labute approximate surface area is 157 Å². The summed E-state index contributed by atoms with van der Waals surface area (Å²) < 4.78 is 27.5. The fourth-order valence-corrected chi connectivity index (χ4v) is 4.03. The zero-order valence-electron chi connectivity index (χ0n) is 14.3. The third kappa shape index (κ3) is 3.71. The first kappa shape index (κ1) is 18.4. The molecule has 1 aromatic heterocycles. The van der Waals surface area contributed by atoms with Gasteiger partial charge in [-0.1, -0.05) is 35.9 Å². The summed E-state index contributed by atoms with van der Waals surface area (Å²) >= 11 is 6.05. The van der Waals surface area contributed by atoms with Gasteiger partial charge in [0.1, 0.15) is 4.90 Å². The standard InChI is InChI=1S/C19H17ClN2O3S/c1-12-6-8-17(19-15(12)4-3-9-21-19)26(24,25)22-18(23)11-14-7-5-13(2)16(20)10-14/h3-10H,11H2,1-2H3,(H,22,23). The van der Waals surface area contributed by atoms with Gasteiger partial charge < -0.3 is 0 Å². The number of amides is 1. The second-order valence-electron chi connectivity index (χ2n) is 6.07. The summed E-state index contributed by atoms with van der Waals surface area (Å²) in [4.78, 5) is 16.4. The molecule has 1 N–H and O–H groups in total. The summed E-state index contributed by atoms with van der Waals surface area (Å²) in [6, 6.07) is 11.9. The van der Waals surface area contributed by atoms with Gasteiger partial charge in [-0.05, 0) is 48.7 Å². The Morgan fingerprint density at radius 1 is 1.12 bits per heavy atom. The van der Waals surface area contributed by atoms with Gasteiger partial charge in [-0.25, -0.2) is 13.1 Å². The highest BCUT2D eigenvalue weighted by atomic mass is 35.5. The van der Waals surface area contributed by atoms with Crippen molar-refractivity contribution in [3.05, 3.63) is 70.4 Å². The third-order valence-electron chi connectivity index (χ3n) is 4.09. The molecule has 5 nitrogen and oxygen atoms in total. The zero-order chi connectivity index (χ0) is 18.9. The van der Waals surface area contributed by atoms with E-state index in [-0.39, 0.29) is 11.3 Å². The van der Waals surface area contributed by atoms with Gasteiger partial charge in [-0.3, -0.25) is 9.78 Å². The van der Waals surface area contributed by atoms with E-state index in [4.69, 9.17) is 11.6 Å². The summed E-state index contributed by atoms with van der Waals surface area (Å²) in [6.45, 7) is 3.73. The number of halogens is 1. The molecular weight excluding hydrogens is 372 g/mol. The maximum Gasteiger partial charge on any atom is 0.266 e. The Kier molecular flexibility index (Phi) is 4.98. The molecule has 2 aromatic carbocycles. The van der Waals surface area contributed by atoms with Crippen molar-refractivity contribution < 1.29 is 13.2 Å². The molecule has 0 aliphatic rings. The summed E-state index contributed by atoms with van der Waals surface area (Å²) in [5, 5.41) is 1.26. The summed E-state index contributed by atoms with van der Waals surface area (Å²) in [6.07, 6.45) is 1.44. The summed E-state index contributed by atoms with van der Waals surface area (Å²) in [7, 11) is -4.04. The number of benzene rings is 2. The minimum absolute atomic E-state index is 0.0195. The van der Waals surface area contributed by atoms with Gasteiger partial charge in [0.15, 0.2) is 0 Å². The second-order valence-corrected chi connectivity index (χ2v) is 8.13. The van der Waals surface area contributed by atoms with Gasteiger partial charge >= 0.3 is 0 Å². The van der Waals surface area contributed by atoms with Crippen molar-refractivity contribution in [2.24, 2.45) is 0 Å². The van der Waals surface area contributed by atoms with Crippen LogP contribution >= 0.6 is 11.6 Å². The molecule has 0 bridgehead atoms. The lowest BCUT2D eigenvalue weighted by molar-refractivity contribution is -0.118. The molecule has 0 aliphatic carbocycles. The highest BCUT2D eigenvalue weighted by Gasteiger charge is 2.21. The van der Waals surface area contributed by atoms with E-state index in [0.29, 0.717) is 16.1 Å². The van der Waals surface area contributed by atoms with Crippen LogP contribution in [0.2, 0.25) is 5.02 Å². The molecular formula is C19H17ClN2O3S. The van der Waals surface area contributed by atoms with Gasteiger partial charge in [0.25, 0.3) is 10.0 Å². The lowest BCUT2D eigenvalue weighted by Crippen LogP contribution is -2.32. The Morgan fingerprint density at radius 3 is 2.58 bits per heavy atom. The molecule has 0 saturated carbocycles. The van der Waals surface area contributed by atoms with Crippen molar-refractivity contribution in [1.82, 2.24) is 9.71 Å². The first-order valence-electron chi connectivity index (χ1n) is 7.93. The molecule has 1 amide bonds. The van der Waals surface area contributed by atoms with Gasteiger partial charge in [0.05, 0.1) is 11.9 Å². The SMILES string of the molecule is Cc1ccc(CC(=O)NS(=O)(=O)c2ccc(C)c3cccnc23)cc1Cl. The number of aryl methyl sites for hydroxylation is 2. The number of hydrogen-bond acceptors (Lipinski definition) is 4. The highest BCUT2D eigenvalue weighted by Crippen LogP contribution is 2.24. The Bertz CT molecular complexity index is 1110. The van der Waals surface area contributed by atoms with Crippen LogP contribution in [0.4, 0.5) is 0 Å². The van der Waals surface area contributed by atoms with E-state index < -0.39 is 15.9 Å². The van der Waals surface area contributed by atoms with E-state index in [1.54, 1.807) is 36.4 Å². The van der Waals surface area contributed by atoms with E-state index in [1.165, 1.54) is 12.3 Å². The molecule has 134 valence electrons. The fourth-order valence-electron chi connectivity index (χ4n) is 2.68. The molecule has 1 heterocycles. The predicted molar refractivity (Wildman–Crippen MR) is 102 cm³/mol. The van der Waals surface area contributed by atoms with Crippen LogP contribution in [-0.4, -0.2) is 19.3 Å². The molecule has 0 unspecified atom stereocenters. The monoisotopic (exact) mass is 388 g/mol. The van der Waals surface area contributed by atoms with Crippen molar-refractivity contribution in [3.63, 3.8) is 0 Å². The number of carbonyl (C=O) groups excluding carboxylic acids is 1. The number of rotatable bonds is 4. The Morgan fingerprint density at radius 2 is 1.85 bits per heavy atom. The Balaban J connectivity index is 1.88. The molecule has 0 atom stereocenters. The van der Waals surface area contributed by atoms with Crippen LogP contribution in [0.15, 0.2) is 53.6 Å². The van der Waals surface area contributed by atoms with Crippen LogP contribution in [0.5, 0.6) is 0 Å². The number of carbonyl (C=O) groups is 1. The van der Waals surface area contributed by atoms with E-state index in [2.05, 4.69) is 9.71 Å². The smallest absolute Gasteiger partial charge is 0.266 e. The van der Waals surface area contributed by atoms with Gasteiger partial charge in [-0.15, -0.1) is 0 Å². The largest absolute Gasteiger partial charge is 0.274 e. The molecule has 3 aromatic rings. The third-order valence-corrected chi connectivity index (χ3v) is 5.90. The van der Waals surface area contributed by atoms with Gasteiger partial charge in [0, 0.05) is 16.6 Å². The van der Waals surface area contributed by atoms with E-state index in [9.17, 15) is 13.2 Å². The number of nitrogens with zero attached hydrogens (tertiary/aromatic N) is 1. The predicted octanol–water partition coefficient (Wildman–Crippen LogP) is 3.55. The van der Waals surface area contributed by atoms with Crippen molar-refractivity contribution in [1.29, 1.82) is 0 Å². The maximum absolute atomic E-state index is 12.7. The number of fused-ring (bicyclic) bond motifs is 1. The minimum Gasteiger partial charge on any atom is -0.274 e. The summed E-state index contributed by atoms with van der Waals surface area (Å²) in [5.41, 5.74) is 2.78. The lowest BCUT2D eigenvalue weighted by atomic mass is 10.1. The van der Waals surface area contributed by atoms with E-state index in [1.807, 2.05) is 13.8 Å².